The summed E-state index contributed by atoms with van der Waals surface area (Å²) in [6.07, 6.45) is -1.88. The predicted octanol–water partition coefficient (Wildman–Crippen LogP) is 3.55. The molecule has 0 atom stereocenters. The van der Waals surface area contributed by atoms with E-state index in [0.29, 0.717) is 31.2 Å². The van der Waals surface area contributed by atoms with Crippen molar-refractivity contribution >= 4 is 44.5 Å². The van der Waals surface area contributed by atoms with E-state index in [1.807, 2.05) is 12.1 Å². The molecule has 0 radical (unpaired) electrons. The molecule has 4 rings (SSSR count). The second-order valence-electron chi connectivity index (χ2n) is 6.36. The van der Waals surface area contributed by atoms with Crippen LogP contribution in [0.4, 0.5) is 18.3 Å². The molecule has 0 aliphatic carbocycles. The summed E-state index contributed by atoms with van der Waals surface area (Å²) in [5, 5.41) is 1.29. The van der Waals surface area contributed by atoms with Gasteiger partial charge in [0.1, 0.15) is 10.3 Å². The largest absolute Gasteiger partial charge is 0.417 e. The van der Waals surface area contributed by atoms with Gasteiger partial charge in [0, 0.05) is 38.6 Å². The van der Waals surface area contributed by atoms with Crippen LogP contribution in [0.1, 0.15) is 5.56 Å². The Hall–Kier alpha value is -2.40. The number of hydrogen-bond donors (Lipinski definition) is 0. The Kier molecular flexibility index (Phi) is 5.59. The smallest absolute Gasteiger partial charge is 0.344 e. The van der Waals surface area contributed by atoms with Crippen molar-refractivity contribution in [3.63, 3.8) is 0 Å². The van der Waals surface area contributed by atoms with Crippen molar-refractivity contribution in [3.8, 4) is 0 Å². The van der Waals surface area contributed by atoms with Gasteiger partial charge in [-0.1, -0.05) is 23.1 Å². The summed E-state index contributed by atoms with van der Waals surface area (Å²) in [6, 6.07) is 6.05. The van der Waals surface area contributed by atoms with E-state index in [2.05, 4.69) is 19.9 Å². The van der Waals surface area contributed by atoms with E-state index in [4.69, 9.17) is 0 Å². The van der Waals surface area contributed by atoms with E-state index < -0.39 is 11.7 Å². The zero-order chi connectivity index (χ0) is 20.4. The van der Waals surface area contributed by atoms with Crippen LogP contribution in [0.25, 0.3) is 10.3 Å². The highest BCUT2D eigenvalue weighted by molar-refractivity contribution is 7.99. The first-order valence-corrected chi connectivity index (χ1v) is 10.6. The summed E-state index contributed by atoms with van der Waals surface area (Å²) in [5.41, 5.74) is 0.0702. The third kappa shape index (κ3) is 4.61. The average molecular weight is 439 g/mol. The van der Waals surface area contributed by atoms with Crippen LogP contribution in [0.2, 0.25) is 0 Å². The van der Waals surface area contributed by atoms with E-state index in [9.17, 15) is 18.0 Å². The normalized spacial score (nSPS) is 15.1. The maximum absolute atomic E-state index is 12.6. The maximum atomic E-state index is 12.6. The lowest BCUT2D eigenvalue weighted by Crippen LogP contribution is -2.49. The molecule has 29 heavy (non-hydrogen) atoms. The van der Waals surface area contributed by atoms with Gasteiger partial charge in [0.2, 0.25) is 5.91 Å². The van der Waals surface area contributed by atoms with Crippen LogP contribution in [-0.2, 0) is 11.0 Å². The zero-order valence-corrected chi connectivity index (χ0v) is 16.7. The number of hydrogen-bond acceptors (Lipinski definition) is 7. The molecule has 4 heterocycles. The first-order valence-electron chi connectivity index (χ1n) is 8.80. The molecule has 1 amide bonds. The van der Waals surface area contributed by atoms with Crippen LogP contribution in [0.15, 0.2) is 41.7 Å². The maximum Gasteiger partial charge on any atom is 0.417 e. The zero-order valence-electron chi connectivity index (χ0n) is 15.1. The van der Waals surface area contributed by atoms with Gasteiger partial charge < -0.3 is 9.80 Å². The van der Waals surface area contributed by atoms with E-state index in [1.165, 1.54) is 17.4 Å². The van der Waals surface area contributed by atoms with Gasteiger partial charge in [0.25, 0.3) is 0 Å². The monoisotopic (exact) mass is 439 g/mol. The molecule has 1 saturated heterocycles. The number of nitrogens with zero attached hydrogens (tertiary/aromatic N) is 5. The van der Waals surface area contributed by atoms with Crippen LogP contribution >= 0.6 is 23.1 Å². The van der Waals surface area contributed by atoms with Gasteiger partial charge in [-0.25, -0.2) is 15.0 Å². The number of piperazine rings is 1. The molecule has 152 valence electrons. The minimum Gasteiger partial charge on any atom is -0.344 e. The first kappa shape index (κ1) is 19.9. The van der Waals surface area contributed by atoms with Crippen molar-refractivity contribution in [2.75, 3.05) is 36.8 Å². The van der Waals surface area contributed by atoms with Gasteiger partial charge in [0.05, 0.1) is 16.3 Å². The van der Waals surface area contributed by atoms with Crippen LogP contribution in [0, 0.1) is 0 Å². The average Bonchev–Trinajstić information content (AvgIpc) is 3.16. The number of thiazole rings is 1. The summed E-state index contributed by atoms with van der Waals surface area (Å²) in [7, 11) is 0. The van der Waals surface area contributed by atoms with Crippen molar-refractivity contribution in [1.29, 1.82) is 0 Å². The predicted molar refractivity (Wildman–Crippen MR) is 106 cm³/mol. The van der Waals surface area contributed by atoms with Crippen molar-refractivity contribution in [2.24, 2.45) is 0 Å². The number of halogens is 3. The van der Waals surface area contributed by atoms with Crippen molar-refractivity contribution < 1.29 is 18.0 Å². The molecular formula is C18H16F3N5OS2. The van der Waals surface area contributed by atoms with E-state index in [1.54, 1.807) is 11.1 Å². The van der Waals surface area contributed by atoms with Gasteiger partial charge in [-0.2, -0.15) is 13.2 Å². The van der Waals surface area contributed by atoms with Gasteiger partial charge in [-0.15, -0.1) is 0 Å². The summed E-state index contributed by atoms with van der Waals surface area (Å²) < 4.78 is 37.7. The van der Waals surface area contributed by atoms with E-state index in [-0.39, 0.29) is 11.7 Å². The molecule has 1 aliphatic heterocycles. The second-order valence-corrected chi connectivity index (χ2v) is 8.32. The molecule has 3 aromatic heterocycles. The minimum atomic E-state index is -4.41. The third-order valence-electron chi connectivity index (χ3n) is 4.47. The SMILES string of the molecule is O=C(CSc1ccc(C(F)(F)F)cn1)N1CCN(c2nc3cccnc3s2)CC1. The number of carbonyl (C=O) groups is 1. The molecule has 11 heteroatoms. The molecule has 0 unspecified atom stereocenters. The molecule has 0 bridgehead atoms. The number of alkyl halides is 3. The fourth-order valence-electron chi connectivity index (χ4n) is 2.90. The molecule has 0 N–H and O–H groups in total. The number of fused-ring (bicyclic) bond motifs is 1. The first-order chi connectivity index (χ1) is 13.9. The number of pyridine rings is 2. The lowest BCUT2D eigenvalue weighted by molar-refractivity contribution is -0.138. The van der Waals surface area contributed by atoms with Crippen LogP contribution in [0.3, 0.4) is 0 Å². The molecule has 3 aromatic rings. The Morgan fingerprint density at radius 1 is 1.14 bits per heavy atom. The Morgan fingerprint density at radius 2 is 1.93 bits per heavy atom. The number of thioether (sulfide) groups is 1. The molecular weight excluding hydrogens is 423 g/mol. The van der Waals surface area contributed by atoms with Crippen LogP contribution < -0.4 is 4.90 Å². The Balaban J connectivity index is 1.28. The topological polar surface area (TPSA) is 62.2 Å². The second kappa shape index (κ2) is 8.15. The van der Waals surface area contributed by atoms with E-state index >= 15 is 0 Å². The number of carbonyl (C=O) groups excluding carboxylic acids is 1. The van der Waals surface area contributed by atoms with Crippen molar-refractivity contribution in [2.45, 2.75) is 11.2 Å². The highest BCUT2D eigenvalue weighted by atomic mass is 32.2. The minimum absolute atomic E-state index is 0.0534. The van der Waals surface area contributed by atoms with Crippen molar-refractivity contribution in [3.05, 3.63) is 42.2 Å². The third-order valence-corrected chi connectivity index (χ3v) is 6.43. The summed E-state index contributed by atoms with van der Waals surface area (Å²) in [6.45, 7) is 2.50. The Bertz CT molecular complexity index is 968. The fraction of sp³-hybridized carbons (Fsp3) is 0.333. The van der Waals surface area contributed by atoms with Gasteiger partial charge in [-0.3, -0.25) is 4.79 Å². The van der Waals surface area contributed by atoms with Gasteiger partial charge >= 0.3 is 6.18 Å². The van der Waals surface area contributed by atoms with Crippen molar-refractivity contribution in [1.82, 2.24) is 19.9 Å². The highest BCUT2D eigenvalue weighted by Crippen LogP contribution is 2.30. The Morgan fingerprint density at radius 3 is 2.59 bits per heavy atom. The van der Waals surface area contributed by atoms with Gasteiger partial charge in [0.15, 0.2) is 5.13 Å². The Labute approximate surface area is 172 Å². The molecule has 6 nitrogen and oxygen atoms in total. The molecule has 1 aliphatic rings. The van der Waals surface area contributed by atoms with Gasteiger partial charge in [-0.05, 0) is 24.3 Å². The quantitative estimate of drug-likeness (QED) is 0.580. The van der Waals surface area contributed by atoms with E-state index in [0.717, 1.165) is 39.5 Å². The molecule has 0 saturated carbocycles. The number of anilines is 1. The lowest BCUT2D eigenvalue weighted by Gasteiger charge is -2.34. The number of aromatic nitrogens is 3. The molecule has 0 aromatic carbocycles. The lowest BCUT2D eigenvalue weighted by atomic mass is 10.3. The summed E-state index contributed by atoms with van der Waals surface area (Å²) >= 11 is 2.67. The van der Waals surface area contributed by atoms with Crippen LogP contribution in [-0.4, -0.2) is 57.7 Å². The molecule has 0 spiro atoms. The van der Waals surface area contributed by atoms with Crippen LogP contribution in [0.5, 0.6) is 0 Å². The standard InChI is InChI=1S/C18H16F3N5OS2/c19-18(20,21)12-3-4-14(23-10-12)28-11-15(27)25-6-8-26(9-7-25)17-24-13-2-1-5-22-16(13)29-17/h1-5,10H,6-9,11H2. The molecule has 1 fully saturated rings. The number of amides is 1. The highest BCUT2D eigenvalue weighted by Gasteiger charge is 2.30. The fourth-order valence-corrected chi connectivity index (χ4v) is 4.61. The number of rotatable bonds is 4. The summed E-state index contributed by atoms with van der Waals surface area (Å²) in [5.74, 6) is 0.0889. The summed E-state index contributed by atoms with van der Waals surface area (Å²) in [4.78, 5) is 29.9.